The van der Waals surface area contributed by atoms with Gasteiger partial charge in [0.1, 0.15) is 6.04 Å². The Bertz CT molecular complexity index is 1110. The van der Waals surface area contributed by atoms with Gasteiger partial charge in [0.05, 0.1) is 12.2 Å². The summed E-state index contributed by atoms with van der Waals surface area (Å²) in [6, 6.07) is 18.5. The number of aromatic nitrogens is 2. The fraction of sp³-hybridized carbons (Fsp3) is 0.407. The Morgan fingerprint density at radius 2 is 1.65 bits per heavy atom. The highest BCUT2D eigenvalue weighted by molar-refractivity contribution is 5.80. The lowest BCUT2D eigenvalue weighted by Crippen LogP contribution is -2.40. The molecule has 4 N–H and O–H groups in total. The number of unbranched alkanes of at least 4 members (excludes halogenated alkanes) is 1. The molecule has 0 radical (unpaired) electrons. The number of aromatic hydroxyl groups is 1. The summed E-state index contributed by atoms with van der Waals surface area (Å²) in [5.41, 5.74) is 7.77. The van der Waals surface area contributed by atoms with Gasteiger partial charge in [0.2, 0.25) is 11.8 Å². The summed E-state index contributed by atoms with van der Waals surface area (Å²) in [4.78, 5) is 27.0. The van der Waals surface area contributed by atoms with Gasteiger partial charge in [-0.05, 0) is 42.9 Å². The number of nitrogens with zero attached hydrogens (tertiary/aromatic N) is 2. The predicted octanol–water partition coefficient (Wildman–Crippen LogP) is 3.59. The van der Waals surface area contributed by atoms with Gasteiger partial charge in [0, 0.05) is 6.54 Å². The van der Waals surface area contributed by atoms with Gasteiger partial charge in [0.15, 0.2) is 0 Å². The fourth-order valence-corrected chi connectivity index (χ4v) is 4.20. The number of rotatable bonds is 12. The molecular formula is C27H36N4O3. The van der Waals surface area contributed by atoms with E-state index in [0.29, 0.717) is 38.2 Å². The molecule has 0 aliphatic heterocycles. The van der Waals surface area contributed by atoms with E-state index in [9.17, 15) is 14.7 Å². The molecule has 0 unspecified atom stereocenters. The lowest BCUT2D eigenvalue weighted by atomic mass is 9.98. The number of carbonyl (C=O) groups is 1. The molecule has 1 aromatic heterocycles. The first kappa shape index (κ1) is 25.3. The summed E-state index contributed by atoms with van der Waals surface area (Å²) in [6.45, 7) is 5.14. The summed E-state index contributed by atoms with van der Waals surface area (Å²) in [5.74, 6) is -0.553. The molecule has 34 heavy (non-hydrogen) atoms. The Labute approximate surface area is 201 Å². The quantitative estimate of drug-likeness (QED) is 0.357. The zero-order chi connectivity index (χ0) is 24.5. The molecule has 1 amide bonds. The van der Waals surface area contributed by atoms with Crippen LogP contribution < -0.4 is 16.7 Å². The zero-order valence-corrected chi connectivity index (χ0v) is 20.1. The van der Waals surface area contributed by atoms with E-state index in [4.69, 9.17) is 5.73 Å². The Kier molecular flexibility index (Phi) is 9.10. The molecule has 0 aliphatic carbocycles. The first-order valence-electron chi connectivity index (χ1n) is 12.1. The molecule has 0 bridgehead atoms. The summed E-state index contributed by atoms with van der Waals surface area (Å²) < 4.78 is 2.89. The zero-order valence-electron chi connectivity index (χ0n) is 20.1. The molecule has 2 atom stereocenters. The van der Waals surface area contributed by atoms with Crippen molar-refractivity contribution in [3.8, 4) is 5.88 Å². The Morgan fingerprint density at radius 3 is 2.24 bits per heavy atom. The van der Waals surface area contributed by atoms with E-state index in [1.54, 1.807) is 4.57 Å². The van der Waals surface area contributed by atoms with Crippen molar-refractivity contribution >= 4 is 5.91 Å². The van der Waals surface area contributed by atoms with Gasteiger partial charge in [-0.1, -0.05) is 80.9 Å². The van der Waals surface area contributed by atoms with Crippen molar-refractivity contribution < 1.29 is 9.90 Å². The maximum atomic E-state index is 13.6. The second-order valence-corrected chi connectivity index (χ2v) is 8.77. The van der Waals surface area contributed by atoms with Crippen LogP contribution >= 0.6 is 0 Å². The lowest BCUT2D eigenvalue weighted by Gasteiger charge is -2.23. The lowest BCUT2D eigenvalue weighted by molar-refractivity contribution is -0.126. The predicted molar refractivity (Wildman–Crippen MR) is 135 cm³/mol. The van der Waals surface area contributed by atoms with Gasteiger partial charge < -0.3 is 16.2 Å². The van der Waals surface area contributed by atoms with E-state index in [1.807, 2.05) is 74.5 Å². The van der Waals surface area contributed by atoms with E-state index >= 15 is 0 Å². The van der Waals surface area contributed by atoms with Crippen LogP contribution in [0.2, 0.25) is 0 Å². The molecule has 2 aromatic carbocycles. The highest BCUT2D eigenvalue weighted by Crippen LogP contribution is 2.29. The van der Waals surface area contributed by atoms with Crippen LogP contribution in [0.15, 0.2) is 65.5 Å². The highest BCUT2D eigenvalue weighted by atomic mass is 16.3. The minimum atomic E-state index is -0.813. The highest BCUT2D eigenvalue weighted by Gasteiger charge is 2.32. The standard InChI is InChI=1S/C27H36N4O3/c1-3-20(2)24(25(32)29-18-21-12-6-4-7-13-21)31-26(33)23(16-10-11-17-28)30(27(31)34)19-22-14-8-5-9-15-22/h4-9,12-15,20,24,33H,3,10-11,16-19,28H2,1-2H3,(H,29,32)/t20-,24-/m0/s1. The number of imidazole rings is 1. The van der Waals surface area contributed by atoms with Gasteiger partial charge in [-0.3, -0.25) is 9.36 Å². The van der Waals surface area contributed by atoms with Gasteiger partial charge >= 0.3 is 5.69 Å². The summed E-state index contributed by atoms with van der Waals surface area (Å²) in [7, 11) is 0. The maximum Gasteiger partial charge on any atom is 0.332 e. The summed E-state index contributed by atoms with van der Waals surface area (Å²) in [5, 5.41) is 14.2. The van der Waals surface area contributed by atoms with Crippen LogP contribution in [0, 0.1) is 5.92 Å². The Balaban J connectivity index is 1.99. The number of nitrogens with two attached hydrogens (primary N) is 1. The van der Waals surface area contributed by atoms with Gasteiger partial charge in [0.25, 0.3) is 0 Å². The molecule has 3 aromatic rings. The van der Waals surface area contributed by atoms with Gasteiger partial charge in [-0.15, -0.1) is 0 Å². The fourth-order valence-electron chi connectivity index (χ4n) is 4.20. The van der Waals surface area contributed by atoms with Crippen LogP contribution in [-0.4, -0.2) is 26.7 Å². The Morgan fingerprint density at radius 1 is 1.03 bits per heavy atom. The first-order valence-corrected chi connectivity index (χ1v) is 12.1. The van der Waals surface area contributed by atoms with Gasteiger partial charge in [-0.2, -0.15) is 0 Å². The van der Waals surface area contributed by atoms with E-state index in [-0.39, 0.29) is 23.4 Å². The van der Waals surface area contributed by atoms with Crippen LogP contribution in [0.5, 0.6) is 5.88 Å². The molecule has 1 heterocycles. The largest absolute Gasteiger partial charge is 0.493 e. The van der Waals surface area contributed by atoms with Gasteiger partial charge in [-0.25, -0.2) is 9.36 Å². The van der Waals surface area contributed by atoms with Crippen molar-refractivity contribution in [3.05, 3.63) is 88.0 Å². The van der Waals surface area contributed by atoms with Crippen LogP contribution in [0.1, 0.15) is 56.0 Å². The molecule has 0 fully saturated rings. The first-order chi connectivity index (χ1) is 16.5. The molecule has 7 nitrogen and oxygen atoms in total. The molecular weight excluding hydrogens is 428 g/mol. The normalized spacial score (nSPS) is 12.9. The third-order valence-corrected chi connectivity index (χ3v) is 6.34. The van der Waals surface area contributed by atoms with Crippen molar-refractivity contribution in [2.75, 3.05) is 6.54 Å². The number of hydrogen-bond acceptors (Lipinski definition) is 4. The average Bonchev–Trinajstić information content (AvgIpc) is 3.08. The van der Waals surface area contributed by atoms with Crippen molar-refractivity contribution in [1.82, 2.24) is 14.5 Å². The van der Waals surface area contributed by atoms with E-state index < -0.39 is 6.04 Å². The molecule has 3 rings (SSSR count). The molecule has 0 aliphatic rings. The number of amides is 1. The van der Waals surface area contributed by atoms with Crippen molar-refractivity contribution in [2.24, 2.45) is 11.7 Å². The second-order valence-electron chi connectivity index (χ2n) is 8.77. The number of hydrogen-bond donors (Lipinski definition) is 3. The topological polar surface area (TPSA) is 102 Å². The molecule has 0 saturated heterocycles. The molecule has 7 heteroatoms. The number of carbonyl (C=O) groups excluding carboxylic acids is 1. The SMILES string of the molecule is CC[C@H](C)[C@@H](C(=O)NCc1ccccc1)n1c(O)c(CCCCN)n(Cc2ccccc2)c1=O. The maximum absolute atomic E-state index is 13.6. The van der Waals surface area contributed by atoms with Crippen molar-refractivity contribution in [1.29, 1.82) is 0 Å². The smallest absolute Gasteiger partial charge is 0.332 e. The van der Waals surface area contributed by atoms with Crippen LogP contribution in [0.4, 0.5) is 0 Å². The second kappa shape index (κ2) is 12.2. The van der Waals surface area contributed by atoms with E-state index in [2.05, 4.69) is 5.32 Å². The minimum absolute atomic E-state index is 0.127. The monoisotopic (exact) mass is 464 g/mol. The third-order valence-electron chi connectivity index (χ3n) is 6.34. The van der Waals surface area contributed by atoms with Crippen molar-refractivity contribution in [3.63, 3.8) is 0 Å². The number of benzene rings is 2. The van der Waals surface area contributed by atoms with Crippen LogP contribution in [0.25, 0.3) is 0 Å². The molecule has 0 spiro atoms. The van der Waals surface area contributed by atoms with Crippen molar-refractivity contribution in [2.45, 2.75) is 58.7 Å². The number of nitrogens with one attached hydrogen (secondary N) is 1. The average molecular weight is 465 g/mol. The van der Waals surface area contributed by atoms with E-state index in [0.717, 1.165) is 24.0 Å². The molecule has 0 saturated carbocycles. The van der Waals surface area contributed by atoms with Crippen LogP contribution in [-0.2, 0) is 24.3 Å². The molecule has 182 valence electrons. The van der Waals surface area contributed by atoms with Crippen LogP contribution in [0.3, 0.4) is 0 Å². The summed E-state index contributed by atoms with van der Waals surface area (Å²) in [6.07, 6.45) is 2.73. The third kappa shape index (κ3) is 5.97. The summed E-state index contributed by atoms with van der Waals surface area (Å²) >= 11 is 0. The van der Waals surface area contributed by atoms with E-state index in [1.165, 1.54) is 4.57 Å². The minimum Gasteiger partial charge on any atom is -0.493 e. The Hall–Kier alpha value is -3.32.